The van der Waals surface area contributed by atoms with E-state index in [1.54, 1.807) is 12.1 Å². The molecule has 0 saturated heterocycles. The lowest BCUT2D eigenvalue weighted by Gasteiger charge is -2.26. The van der Waals surface area contributed by atoms with Crippen molar-refractivity contribution in [2.75, 3.05) is 14.1 Å². The number of benzene rings is 2. The fourth-order valence-corrected chi connectivity index (χ4v) is 2.89. The first kappa shape index (κ1) is 16.5. The van der Waals surface area contributed by atoms with Gasteiger partial charge in [0.05, 0.1) is 11.6 Å². The molecule has 2 aromatic carbocycles. The van der Waals surface area contributed by atoms with Gasteiger partial charge >= 0.3 is 5.97 Å². The summed E-state index contributed by atoms with van der Waals surface area (Å²) in [6.45, 7) is 0. The van der Waals surface area contributed by atoms with Crippen LogP contribution in [0.15, 0.2) is 54.6 Å². The second-order valence-electron chi connectivity index (χ2n) is 5.63. The van der Waals surface area contributed by atoms with Gasteiger partial charge in [0.1, 0.15) is 6.10 Å². The van der Waals surface area contributed by atoms with Gasteiger partial charge in [-0.05, 0) is 43.8 Å². The average Bonchev–Trinajstić information content (AvgIpc) is 2.87. The summed E-state index contributed by atoms with van der Waals surface area (Å²) in [5.41, 5.74) is 2.99. The number of fused-ring (bicyclic) bond motifs is 1. The van der Waals surface area contributed by atoms with Gasteiger partial charge in [0, 0.05) is 0 Å². The summed E-state index contributed by atoms with van der Waals surface area (Å²) in [5.74, 6) is -0.260. The number of nitrogens with zero attached hydrogens (tertiary/aromatic N) is 1. The zero-order chi connectivity index (χ0) is 14.8. The van der Waals surface area contributed by atoms with Crippen molar-refractivity contribution >= 4 is 18.4 Å². The Morgan fingerprint density at radius 2 is 1.68 bits per heavy atom. The first-order valence-electron chi connectivity index (χ1n) is 7.17. The lowest BCUT2D eigenvalue weighted by Crippen LogP contribution is -2.34. The second-order valence-corrected chi connectivity index (χ2v) is 5.63. The van der Waals surface area contributed by atoms with Gasteiger partial charge in [0.2, 0.25) is 0 Å². The Bertz CT molecular complexity index is 643. The molecule has 4 heteroatoms. The van der Waals surface area contributed by atoms with E-state index in [-0.39, 0.29) is 30.5 Å². The molecule has 2 aromatic rings. The third kappa shape index (κ3) is 3.16. The van der Waals surface area contributed by atoms with Crippen LogP contribution in [0.25, 0.3) is 0 Å². The Morgan fingerprint density at radius 1 is 1.05 bits per heavy atom. The molecule has 0 fully saturated rings. The summed E-state index contributed by atoms with van der Waals surface area (Å²) in [5, 5.41) is 0. The highest BCUT2D eigenvalue weighted by Crippen LogP contribution is 2.36. The minimum absolute atomic E-state index is 0. The normalized spacial score (nSPS) is 19.4. The van der Waals surface area contributed by atoms with Crippen LogP contribution in [0.1, 0.15) is 27.6 Å². The quantitative estimate of drug-likeness (QED) is 0.812. The van der Waals surface area contributed by atoms with Crippen LogP contribution >= 0.6 is 12.4 Å². The maximum absolute atomic E-state index is 12.3. The summed E-state index contributed by atoms with van der Waals surface area (Å²) >= 11 is 0. The summed E-state index contributed by atoms with van der Waals surface area (Å²) < 4.78 is 5.82. The minimum Gasteiger partial charge on any atom is -0.452 e. The predicted molar refractivity (Wildman–Crippen MR) is 89.5 cm³/mol. The van der Waals surface area contributed by atoms with Crippen molar-refractivity contribution in [1.29, 1.82) is 0 Å². The van der Waals surface area contributed by atoms with Crippen molar-refractivity contribution in [1.82, 2.24) is 4.90 Å². The Morgan fingerprint density at radius 3 is 2.36 bits per heavy atom. The number of likely N-dealkylation sites (N-methyl/N-ethyl adjacent to an activating group) is 1. The first-order valence-corrected chi connectivity index (χ1v) is 7.17. The Labute approximate surface area is 137 Å². The molecule has 0 aliphatic heterocycles. The van der Waals surface area contributed by atoms with Crippen LogP contribution in [0.4, 0.5) is 0 Å². The Hall–Kier alpha value is -1.84. The SMILES string of the molecule is CN(C)[C@H]1Cc2ccccc2[C@H]1OC(=O)c1ccccc1.Cl. The molecule has 0 spiro atoms. The zero-order valence-corrected chi connectivity index (χ0v) is 13.5. The van der Waals surface area contributed by atoms with E-state index in [4.69, 9.17) is 4.74 Å². The fraction of sp³-hybridized carbons (Fsp3) is 0.278. The van der Waals surface area contributed by atoms with Gasteiger partial charge in [-0.15, -0.1) is 12.4 Å². The molecule has 0 aromatic heterocycles. The average molecular weight is 318 g/mol. The summed E-state index contributed by atoms with van der Waals surface area (Å²) in [4.78, 5) is 14.5. The van der Waals surface area contributed by atoms with E-state index in [2.05, 4.69) is 17.0 Å². The van der Waals surface area contributed by atoms with E-state index in [1.807, 2.05) is 44.4 Å². The topological polar surface area (TPSA) is 29.5 Å². The second kappa shape index (κ2) is 6.95. The molecule has 0 radical (unpaired) electrons. The van der Waals surface area contributed by atoms with Gasteiger partial charge in [-0.2, -0.15) is 0 Å². The summed E-state index contributed by atoms with van der Waals surface area (Å²) in [7, 11) is 4.06. The van der Waals surface area contributed by atoms with Crippen molar-refractivity contribution in [3.05, 3.63) is 71.3 Å². The lowest BCUT2D eigenvalue weighted by atomic mass is 10.1. The van der Waals surface area contributed by atoms with Crippen LogP contribution in [-0.4, -0.2) is 31.0 Å². The standard InChI is InChI=1S/C18H19NO2.ClH/c1-19(2)16-12-14-10-6-7-11-15(14)17(16)21-18(20)13-8-4-3-5-9-13;/h3-11,16-17H,12H2,1-2H3;1H/t16-,17+;/m0./s1. The molecule has 0 saturated carbocycles. The molecule has 0 bridgehead atoms. The Kier molecular flexibility index (Phi) is 5.22. The number of rotatable bonds is 3. The van der Waals surface area contributed by atoms with Gasteiger partial charge < -0.3 is 9.64 Å². The number of halogens is 1. The van der Waals surface area contributed by atoms with Gasteiger partial charge in [0.15, 0.2) is 0 Å². The lowest BCUT2D eigenvalue weighted by molar-refractivity contribution is 0.0108. The van der Waals surface area contributed by atoms with Crippen LogP contribution in [-0.2, 0) is 11.2 Å². The van der Waals surface area contributed by atoms with E-state index in [1.165, 1.54) is 5.56 Å². The molecular weight excluding hydrogens is 298 g/mol. The van der Waals surface area contributed by atoms with Gasteiger partial charge in [-0.1, -0.05) is 42.5 Å². The zero-order valence-electron chi connectivity index (χ0n) is 12.7. The monoisotopic (exact) mass is 317 g/mol. The maximum atomic E-state index is 12.3. The van der Waals surface area contributed by atoms with Crippen LogP contribution < -0.4 is 0 Å². The fourth-order valence-electron chi connectivity index (χ4n) is 2.89. The first-order chi connectivity index (χ1) is 10.2. The molecule has 2 atom stereocenters. The molecule has 1 aliphatic carbocycles. The van der Waals surface area contributed by atoms with E-state index >= 15 is 0 Å². The van der Waals surface area contributed by atoms with Crippen LogP contribution in [0.5, 0.6) is 0 Å². The molecule has 0 heterocycles. The third-order valence-corrected chi connectivity index (χ3v) is 4.05. The van der Waals surface area contributed by atoms with E-state index < -0.39 is 0 Å². The van der Waals surface area contributed by atoms with Crippen LogP contribution in [0.3, 0.4) is 0 Å². The molecule has 0 unspecified atom stereocenters. The molecular formula is C18H20ClNO2. The molecule has 3 nitrogen and oxygen atoms in total. The predicted octanol–water partition coefficient (Wildman–Crippen LogP) is 3.49. The highest BCUT2D eigenvalue weighted by atomic mass is 35.5. The molecule has 1 aliphatic rings. The molecule has 3 rings (SSSR count). The molecule has 22 heavy (non-hydrogen) atoms. The van der Waals surface area contributed by atoms with Crippen LogP contribution in [0, 0.1) is 0 Å². The van der Waals surface area contributed by atoms with Crippen molar-refractivity contribution in [3.8, 4) is 0 Å². The smallest absolute Gasteiger partial charge is 0.338 e. The van der Waals surface area contributed by atoms with Gasteiger partial charge in [0.25, 0.3) is 0 Å². The van der Waals surface area contributed by atoms with Crippen molar-refractivity contribution in [2.45, 2.75) is 18.6 Å². The third-order valence-electron chi connectivity index (χ3n) is 4.05. The maximum Gasteiger partial charge on any atom is 0.338 e. The highest BCUT2D eigenvalue weighted by molar-refractivity contribution is 5.89. The minimum atomic E-state index is -0.260. The van der Waals surface area contributed by atoms with E-state index in [9.17, 15) is 4.79 Å². The molecule has 116 valence electrons. The highest BCUT2D eigenvalue weighted by Gasteiger charge is 2.36. The van der Waals surface area contributed by atoms with Gasteiger partial charge in [-0.25, -0.2) is 4.79 Å². The number of hydrogen-bond donors (Lipinski definition) is 0. The summed E-state index contributed by atoms with van der Waals surface area (Å²) in [6.07, 6.45) is 0.708. The van der Waals surface area contributed by atoms with Crippen LogP contribution in [0.2, 0.25) is 0 Å². The Balaban J connectivity index is 0.00000176. The molecule has 0 amide bonds. The number of hydrogen-bond acceptors (Lipinski definition) is 3. The number of ether oxygens (including phenoxy) is 1. The number of carbonyl (C=O) groups excluding carboxylic acids is 1. The van der Waals surface area contributed by atoms with E-state index in [0.29, 0.717) is 5.56 Å². The largest absolute Gasteiger partial charge is 0.452 e. The number of carbonyl (C=O) groups is 1. The van der Waals surface area contributed by atoms with Gasteiger partial charge in [-0.3, -0.25) is 0 Å². The number of esters is 1. The van der Waals surface area contributed by atoms with E-state index in [0.717, 1.165) is 12.0 Å². The van der Waals surface area contributed by atoms with Crippen molar-refractivity contribution < 1.29 is 9.53 Å². The summed E-state index contributed by atoms with van der Waals surface area (Å²) in [6, 6.07) is 17.6. The van der Waals surface area contributed by atoms with Crippen molar-refractivity contribution in [2.24, 2.45) is 0 Å². The van der Waals surface area contributed by atoms with Crippen molar-refractivity contribution in [3.63, 3.8) is 0 Å². The molecule has 0 N–H and O–H groups in total.